The summed E-state index contributed by atoms with van der Waals surface area (Å²) in [5.74, 6) is 2.24. The summed E-state index contributed by atoms with van der Waals surface area (Å²) in [5.41, 5.74) is 7.02. The molecule has 2 aliphatic rings. The van der Waals surface area contributed by atoms with Crippen LogP contribution >= 0.6 is 0 Å². The van der Waals surface area contributed by atoms with Crippen LogP contribution < -0.4 is 19.9 Å². The van der Waals surface area contributed by atoms with Gasteiger partial charge in [0.1, 0.15) is 13.2 Å². The summed E-state index contributed by atoms with van der Waals surface area (Å²) in [7, 11) is 0. The Bertz CT molecular complexity index is 392. The smallest absolute Gasteiger partial charge is 0.204 e. The normalized spacial score (nSPS) is 22.9. The van der Waals surface area contributed by atoms with Gasteiger partial charge in [-0.25, -0.2) is 0 Å². The van der Waals surface area contributed by atoms with Crippen molar-refractivity contribution >= 4 is 0 Å². The molecule has 0 aromatic heterocycles. The molecule has 2 aliphatic heterocycles. The third kappa shape index (κ3) is 1.33. The van der Waals surface area contributed by atoms with Gasteiger partial charge in [-0.15, -0.1) is 0 Å². The van der Waals surface area contributed by atoms with Gasteiger partial charge in [-0.2, -0.15) is 0 Å². The van der Waals surface area contributed by atoms with Crippen LogP contribution in [0.2, 0.25) is 0 Å². The molecule has 0 radical (unpaired) electrons. The maximum Gasteiger partial charge on any atom is 0.204 e. The lowest BCUT2D eigenvalue weighted by Gasteiger charge is -2.28. The Labute approximate surface area is 87.9 Å². The first-order valence-electron chi connectivity index (χ1n) is 5.17. The number of hydrogen-bond donors (Lipinski definition) is 1. The molecule has 0 saturated heterocycles. The predicted molar refractivity (Wildman–Crippen MR) is 54.5 cm³/mol. The van der Waals surface area contributed by atoms with Crippen molar-refractivity contribution in [3.8, 4) is 17.2 Å². The Morgan fingerprint density at radius 3 is 2.73 bits per heavy atom. The van der Waals surface area contributed by atoms with Crippen molar-refractivity contribution in [1.29, 1.82) is 0 Å². The SMILES string of the molecule is N[C@H]1CCOc2c1ccc1c2OCCO1. The van der Waals surface area contributed by atoms with Crippen molar-refractivity contribution in [2.24, 2.45) is 5.73 Å². The Kier molecular flexibility index (Phi) is 1.95. The van der Waals surface area contributed by atoms with Gasteiger partial charge in [-0.3, -0.25) is 0 Å². The van der Waals surface area contributed by atoms with Gasteiger partial charge in [0, 0.05) is 18.0 Å². The molecule has 0 bridgehead atoms. The van der Waals surface area contributed by atoms with Gasteiger partial charge in [-0.1, -0.05) is 0 Å². The van der Waals surface area contributed by atoms with Crippen LogP contribution in [0.25, 0.3) is 0 Å². The topological polar surface area (TPSA) is 53.7 Å². The summed E-state index contributed by atoms with van der Waals surface area (Å²) in [6, 6.07) is 3.92. The summed E-state index contributed by atoms with van der Waals surface area (Å²) in [6.45, 7) is 1.81. The fourth-order valence-electron chi connectivity index (χ4n) is 1.99. The molecule has 4 nitrogen and oxygen atoms in total. The van der Waals surface area contributed by atoms with Gasteiger partial charge in [0.15, 0.2) is 11.5 Å². The third-order valence-electron chi connectivity index (χ3n) is 2.77. The molecule has 0 aliphatic carbocycles. The largest absolute Gasteiger partial charge is 0.489 e. The molecule has 1 atom stereocenters. The predicted octanol–water partition coefficient (Wildman–Crippen LogP) is 1.24. The lowest BCUT2D eigenvalue weighted by molar-refractivity contribution is 0.157. The van der Waals surface area contributed by atoms with E-state index in [9.17, 15) is 0 Å². The molecule has 0 amide bonds. The van der Waals surface area contributed by atoms with E-state index >= 15 is 0 Å². The first-order chi connectivity index (χ1) is 7.36. The van der Waals surface area contributed by atoms with Gasteiger partial charge < -0.3 is 19.9 Å². The van der Waals surface area contributed by atoms with E-state index in [0.29, 0.717) is 25.6 Å². The van der Waals surface area contributed by atoms with Crippen molar-refractivity contribution in [2.75, 3.05) is 19.8 Å². The van der Waals surface area contributed by atoms with Crippen LogP contribution in [0, 0.1) is 0 Å². The highest BCUT2D eigenvalue weighted by atomic mass is 16.6. The van der Waals surface area contributed by atoms with E-state index in [0.717, 1.165) is 23.5 Å². The number of benzene rings is 1. The second kappa shape index (κ2) is 3.31. The van der Waals surface area contributed by atoms with Gasteiger partial charge in [0.05, 0.1) is 6.61 Å². The van der Waals surface area contributed by atoms with Crippen molar-refractivity contribution in [3.63, 3.8) is 0 Å². The van der Waals surface area contributed by atoms with Crippen molar-refractivity contribution in [2.45, 2.75) is 12.5 Å². The van der Waals surface area contributed by atoms with Crippen LogP contribution in [0.15, 0.2) is 12.1 Å². The molecule has 1 aromatic carbocycles. The van der Waals surface area contributed by atoms with E-state index < -0.39 is 0 Å². The number of hydrogen-bond acceptors (Lipinski definition) is 4. The average molecular weight is 207 g/mol. The van der Waals surface area contributed by atoms with Gasteiger partial charge in [0.25, 0.3) is 0 Å². The van der Waals surface area contributed by atoms with Crippen LogP contribution in [-0.2, 0) is 0 Å². The van der Waals surface area contributed by atoms with Crippen molar-refractivity contribution in [1.82, 2.24) is 0 Å². The monoisotopic (exact) mass is 207 g/mol. The van der Waals surface area contributed by atoms with Crippen molar-refractivity contribution < 1.29 is 14.2 Å². The van der Waals surface area contributed by atoms with E-state index in [1.165, 1.54) is 0 Å². The summed E-state index contributed by atoms with van der Waals surface area (Å²) >= 11 is 0. The molecule has 0 spiro atoms. The molecule has 4 heteroatoms. The average Bonchev–Trinajstić information content (AvgIpc) is 2.29. The van der Waals surface area contributed by atoms with Crippen LogP contribution in [0.1, 0.15) is 18.0 Å². The van der Waals surface area contributed by atoms with Gasteiger partial charge >= 0.3 is 0 Å². The highest BCUT2D eigenvalue weighted by Gasteiger charge is 2.26. The first kappa shape index (κ1) is 8.85. The van der Waals surface area contributed by atoms with Crippen LogP contribution in [-0.4, -0.2) is 19.8 Å². The minimum atomic E-state index is 0.0459. The molecule has 1 aromatic rings. The number of rotatable bonds is 0. The van der Waals surface area contributed by atoms with Crippen molar-refractivity contribution in [3.05, 3.63) is 17.7 Å². The minimum absolute atomic E-state index is 0.0459. The molecular formula is C11H13NO3. The van der Waals surface area contributed by atoms with Crippen LogP contribution in [0.3, 0.4) is 0 Å². The highest BCUT2D eigenvalue weighted by molar-refractivity contribution is 5.57. The Morgan fingerprint density at radius 1 is 1.00 bits per heavy atom. The highest BCUT2D eigenvalue weighted by Crippen LogP contribution is 2.45. The molecular weight excluding hydrogens is 194 g/mol. The van der Waals surface area contributed by atoms with E-state index in [1.807, 2.05) is 12.1 Å². The second-order valence-corrected chi connectivity index (χ2v) is 3.75. The molecule has 2 N–H and O–H groups in total. The van der Waals surface area contributed by atoms with Crippen LogP contribution in [0.4, 0.5) is 0 Å². The fraction of sp³-hybridized carbons (Fsp3) is 0.455. The second-order valence-electron chi connectivity index (χ2n) is 3.75. The molecule has 3 rings (SSSR count). The van der Waals surface area contributed by atoms with E-state index in [4.69, 9.17) is 19.9 Å². The summed E-state index contributed by atoms with van der Waals surface area (Å²) in [6.07, 6.45) is 0.854. The zero-order chi connectivity index (χ0) is 10.3. The molecule has 80 valence electrons. The number of ether oxygens (including phenoxy) is 3. The lowest BCUT2D eigenvalue weighted by Crippen LogP contribution is -2.23. The number of fused-ring (bicyclic) bond motifs is 3. The molecule has 15 heavy (non-hydrogen) atoms. The standard InChI is InChI=1S/C11H13NO3/c12-8-3-4-14-10-7(8)1-2-9-11(10)15-6-5-13-9/h1-2,8H,3-6,12H2/t8-/m0/s1. The van der Waals surface area contributed by atoms with Gasteiger partial charge in [-0.05, 0) is 12.1 Å². The Balaban J connectivity index is 2.13. The Hall–Kier alpha value is -1.42. The molecule has 0 unspecified atom stereocenters. The zero-order valence-electron chi connectivity index (χ0n) is 8.36. The summed E-state index contributed by atoms with van der Waals surface area (Å²) in [4.78, 5) is 0. The summed E-state index contributed by atoms with van der Waals surface area (Å²) < 4.78 is 16.7. The van der Waals surface area contributed by atoms with E-state index in [1.54, 1.807) is 0 Å². The molecule has 2 heterocycles. The maximum absolute atomic E-state index is 6.00. The first-order valence-corrected chi connectivity index (χ1v) is 5.17. The number of nitrogens with two attached hydrogens (primary N) is 1. The quantitative estimate of drug-likeness (QED) is 0.695. The lowest BCUT2D eigenvalue weighted by atomic mass is 10.0. The molecule has 0 fully saturated rings. The van der Waals surface area contributed by atoms with Crippen LogP contribution in [0.5, 0.6) is 17.2 Å². The van der Waals surface area contributed by atoms with Gasteiger partial charge in [0.2, 0.25) is 5.75 Å². The zero-order valence-corrected chi connectivity index (χ0v) is 8.36. The van der Waals surface area contributed by atoms with E-state index in [2.05, 4.69) is 0 Å². The summed E-state index contributed by atoms with van der Waals surface area (Å²) in [5, 5.41) is 0. The molecule has 0 saturated carbocycles. The third-order valence-corrected chi connectivity index (χ3v) is 2.77. The van der Waals surface area contributed by atoms with E-state index in [-0.39, 0.29) is 6.04 Å². The maximum atomic E-state index is 6.00. The fourth-order valence-corrected chi connectivity index (χ4v) is 1.99. The minimum Gasteiger partial charge on any atom is -0.489 e. The Morgan fingerprint density at radius 2 is 1.80 bits per heavy atom.